The lowest BCUT2D eigenvalue weighted by molar-refractivity contribution is 0.0702. The molecule has 6 nitrogen and oxygen atoms in total. The van der Waals surface area contributed by atoms with Crippen LogP contribution in [0, 0.1) is 6.92 Å². The summed E-state index contributed by atoms with van der Waals surface area (Å²) in [5.74, 6) is 1.03. The van der Waals surface area contributed by atoms with Gasteiger partial charge in [0.25, 0.3) is 5.91 Å². The maximum atomic E-state index is 12.5. The maximum Gasteiger partial charge on any atom is 0.274 e. The van der Waals surface area contributed by atoms with Crippen molar-refractivity contribution in [2.75, 3.05) is 25.0 Å². The van der Waals surface area contributed by atoms with Crippen molar-refractivity contribution in [1.82, 2.24) is 19.7 Å². The van der Waals surface area contributed by atoms with Gasteiger partial charge in [-0.3, -0.25) is 9.48 Å². The van der Waals surface area contributed by atoms with Crippen LogP contribution in [0.25, 0.3) is 0 Å². The van der Waals surface area contributed by atoms with E-state index in [1.807, 2.05) is 25.2 Å². The normalized spacial score (nSPS) is 15.6. The minimum atomic E-state index is -0.00741. The zero-order chi connectivity index (χ0) is 17.3. The molecule has 0 spiro atoms. The van der Waals surface area contributed by atoms with Gasteiger partial charge in [-0.05, 0) is 53.4 Å². The summed E-state index contributed by atoms with van der Waals surface area (Å²) in [5, 5.41) is 4.21. The summed E-state index contributed by atoms with van der Waals surface area (Å²) in [5.41, 5.74) is 1.67. The van der Waals surface area contributed by atoms with E-state index in [0.29, 0.717) is 5.69 Å². The monoisotopic (exact) mass is 391 g/mol. The number of carbonyl (C=O) groups excluding carboxylic acids is 1. The second-order valence-electron chi connectivity index (χ2n) is 6.30. The highest BCUT2D eigenvalue weighted by Gasteiger charge is 2.27. The first-order valence-corrected chi connectivity index (χ1v) is 8.89. The number of carbonyl (C=O) groups is 1. The second kappa shape index (κ2) is 6.93. The van der Waals surface area contributed by atoms with Crippen molar-refractivity contribution < 1.29 is 4.79 Å². The van der Waals surface area contributed by atoms with Crippen molar-refractivity contribution in [2.45, 2.75) is 25.8 Å². The van der Waals surface area contributed by atoms with Gasteiger partial charge in [-0.1, -0.05) is 0 Å². The van der Waals surface area contributed by atoms with Crippen molar-refractivity contribution in [2.24, 2.45) is 7.05 Å². The molecule has 0 N–H and O–H groups in total. The lowest BCUT2D eigenvalue weighted by Gasteiger charge is -2.37. The Morgan fingerprint density at radius 1 is 1.38 bits per heavy atom. The number of nitrogens with zero attached hydrogens (tertiary/aromatic N) is 5. The van der Waals surface area contributed by atoms with Crippen LogP contribution in [0.1, 0.15) is 28.9 Å². The van der Waals surface area contributed by atoms with E-state index >= 15 is 0 Å². The second-order valence-corrected chi connectivity index (χ2v) is 7.22. The molecule has 0 aromatic carbocycles. The lowest BCUT2D eigenvalue weighted by atomic mass is 10.0. The van der Waals surface area contributed by atoms with Gasteiger partial charge in [0.1, 0.15) is 11.5 Å². The molecule has 0 atom stereocenters. The predicted molar refractivity (Wildman–Crippen MR) is 97.2 cm³/mol. The Hall–Kier alpha value is -1.89. The Balaban J connectivity index is 1.63. The first-order valence-electron chi connectivity index (χ1n) is 8.09. The standard InChI is InChI=1S/C17H22BrN5O/c1-12-10-13(18)11-19-16(12)23-8-4-14(5-9-23)22(3)17(24)15-6-7-21(2)20-15/h6-7,10-11,14H,4-5,8-9H2,1-3H3. The van der Waals surface area contributed by atoms with E-state index in [-0.39, 0.29) is 11.9 Å². The van der Waals surface area contributed by atoms with E-state index < -0.39 is 0 Å². The highest BCUT2D eigenvalue weighted by atomic mass is 79.9. The Labute approximate surface area is 150 Å². The number of rotatable bonds is 3. The van der Waals surface area contributed by atoms with Gasteiger partial charge in [-0.25, -0.2) is 4.98 Å². The average molecular weight is 392 g/mol. The third-order valence-corrected chi connectivity index (χ3v) is 5.02. The van der Waals surface area contributed by atoms with Crippen LogP contribution >= 0.6 is 15.9 Å². The van der Waals surface area contributed by atoms with E-state index in [9.17, 15) is 4.79 Å². The van der Waals surface area contributed by atoms with Crippen molar-refractivity contribution in [3.05, 3.63) is 40.3 Å². The molecule has 0 radical (unpaired) electrons. The molecule has 1 amide bonds. The van der Waals surface area contributed by atoms with E-state index in [2.05, 4.69) is 43.9 Å². The average Bonchev–Trinajstić information content (AvgIpc) is 3.00. The summed E-state index contributed by atoms with van der Waals surface area (Å²) in [6, 6.07) is 4.10. The lowest BCUT2D eigenvalue weighted by Crippen LogP contribution is -2.46. The van der Waals surface area contributed by atoms with Gasteiger partial charge < -0.3 is 9.80 Å². The third-order valence-electron chi connectivity index (χ3n) is 4.58. The molecule has 3 rings (SSSR count). The number of halogens is 1. The van der Waals surface area contributed by atoms with Gasteiger partial charge in [0.15, 0.2) is 0 Å². The molecule has 0 aliphatic carbocycles. The molecule has 2 aromatic heterocycles. The minimum absolute atomic E-state index is 0.00741. The van der Waals surface area contributed by atoms with E-state index in [1.54, 1.807) is 16.9 Å². The molecule has 0 bridgehead atoms. The third kappa shape index (κ3) is 3.45. The molecule has 1 fully saturated rings. The Bertz CT molecular complexity index is 736. The Kier molecular flexibility index (Phi) is 4.89. The number of aryl methyl sites for hydroxylation is 2. The number of hydrogen-bond acceptors (Lipinski definition) is 4. The van der Waals surface area contributed by atoms with E-state index in [4.69, 9.17) is 0 Å². The summed E-state index contributed by atoms with van der Waals surface area (Å²) in [6.07, 6.45) is 5.51. The molecule has 7 heteroatoms. The molecule has 0 saturated carbocycles. The fourth-order valence-corrected chi connectivity index (χ4v) is 3.65. The molecule has 1 saturated heterocycles. The van der Waals surface area contributed by atoms with Crippen molar-refractivity contribution in [3.63, 3.8) is 0 Å². The van der Waals surface area contributed by atoms with Gasteiger partial charge >= 0.3 is 0 Å². The van der Waals surface area contributed by atoms with Gasteiger partial charge in [-0.15, -0.1) is 0 Å². The zero-order valence-corrected chi connectivity index (χ0v) is 15.8. The molecule has 3 heterocycles. The van der Waals surface area contributed by atoms with Crippen molar-refractivity contribution >= 4 is 27.7 Å². The van der Waals surface area contributed by atoms with Crippen LogP contribution in [0.4, 0.5) is 5.82 Å². The maximum absolute atomic E-state index is 12.5. The predicted octanol–water partition coefficient (Wildman–Crippen LogP) is 2.63. The van der Waals surface area contributed by atoms with Gasteiger partial charge in [0.05, 0.1) is 0 Å². The van der Waals surface area contributed by atoms with Crippen LogP contribution in [0.3, 0.4) is 0 Å². The number of piperidine rings is 1. The Morgan fingerprint density at radius 3 is 2.67 bits per heavy atom. The van der Waals surface area contributed by atoms with Crippen LogP contribution in [-0.4, -0.2) is 51.8 Å². The largest absolute Gasteiger partial charge is 0.356 e. The van der Waals surface area contributed by atoms with Crippen LogP contribution in [0.5, 0.6) is 0 Å². The highest BCUT2D eigenvalue weighted by molar-refractivity contribution is 9.10. The minimum Gasteiger partial charge on any atom is -0.356 e. The fraction of sp³-hybridized carbons (Fsp3) is 0.471. The molecule has 0 unspecified atom stereocenters. The van der Waals surface area contributed by atoms with Crippen LogP contribution in [0.2, 0.25) is 0 Å². The summed E-state index contributed by atoms with van der Waals surface area (Å²) >= 11 is 3.46. The van der Waals surface area contributed by atoms with Crippen LogP contribution in [0.15, 0.2) is 29.0 Å². The summed E-state index contributed by atoms with van der Waals surface area (Å²) in [4.78, 5) is 21.2. The number of aromatic nitrogens is 3. The van der Waals surface area contributed by atoms with E-state index in [1.165, 1.54) is 5.56 Å². The number of hydrogen-bond donors (Lipinski definition) is 0. The molecular formula is C17H22BrN5O. The first-order chi connectivity index (χ1) is 11.5. The van der Waals surface area contributed by atoms with E-state index in [0.717, 1.165) is 36.2 Å². The number of amides is 1. The van der Waals surface area contributed by atoms with Crippen LogP contribution < -0.4 is 4.90 Å². The number of pyridine rings is 1. The van der Waals surface area contributed by atoms with Gasteiger partial charge in [-0.2, -0.15) is 5.10 Å². The highest BCUT2D eigenvalue weighted by Crippen LogP contribution is 2.25. The first kappa shape index (κ1) is 17.0. The van der Waals surface area contributed by atoms with Crippen molar-refractivity contribution in [3.8, 4) is 0 Å². The van der Waals surface area contributed by atoms with Crippen molar-refractivity contribution in [1.29, 1.82) is 0 Å². The van der Waals surface area contributed by atoms with Gasteiger partial charge in [0, 0.05) is 50.1 Å². The topological polar surface area (TPSA) is 54.3 Å². The zero-order valence-electron chi connectivity index (χ0n) is 14.2. The molecule has 24 heavy (non-hydrogen) atoms. The summed E-state index contributed by atoms with van der Waals surface area (Å²) < 4.78 is 2.66. The molecule has 128 valence electrons. The molecule has 2 aromatic rings. The van der Waals surface area contributed by atoms with Crippen LogP contribution in [-0.2, 0) is 7.05 Å². The summed E-state index contributed by atoms with van der Waals surface area (Å²) in [7, 11) is 3.70. The smallest absolute Gasteiger partial charge is 0.274 e. The quantitative estimate of drug-likeness (QED) is 0.806. The SMILES string of the molecule is Cc1cc(Br)cnc1N1CCC(N(C)C(=O)c2ccn(C)n2)CC1. The summed E-state index contributed by atoms with van der Waals surface area (Å²) in [6.45, 7) is 3.88. The molecule has 1 aliphatic rings. The number of anilines is 1. The van der Waals surface area contributed by atoms with Gasteiger partial charge in [0.2, 0.25) is 0 Å². The molecular weight excluding hydrogens is 370 g/mol. The Morgan fingerprint density at radius 2 is 2.08 bits per heavy atom. The molecule has 1 aliphatic heterocycles. The fourth-order valence-electron chi connectivity index (χ4n) is 3.20.